The lowest BCUT2D eigenvalue weighted by Crippen LogP contribution is -2.57. The second-order valence-corrected chi connectivity index (χ2v) is 5.87. The third-order valence-electron chi connectivity index (χ3n) is 3.99. The van der Waals surface area contributed by atoms with Crippen LogP contribution >= 0.6 is 0 Å². The molecule has 2 rings (SSSR count). The lowest BCUT2D eigenvalue weighted by Gasteiger charge is -2.43. The zero-order chi connectivity index (χ0) is 13.0. The summed E-state index contributed by atoms with van der Waals surface area (Å²) in [6.07, 6.45) is 6.00. The number of carbonyl (C=O) groups excluding carboxylic acids is 1. The van der Waals surface area contributed by atoms with Gasteiger partial charge in [0.25, 0.3) is 0 Å². The van der Waals surface area contributed by atoms with Crippen LogP contribution in [0.2, 0.25) is 0 Å². The van der Waals surface area contributed by atoms with Crippen LogP contribution in [0.25, 0.3) is 0 Å². The van der Waals surface area contributed by atoms with Gasteiger partial charge in [-0.05, 0) is 25.2 Å². The summed E-state index contributed by atoms with van der Waals surface area (Å²) in [6, 6.07) is 0.419. The molecule has 0 aromatic heterocycles. The molecule has 1 N–H and O–H groups in total. The van der Waals surface area contributed by atoms with Gasteiger partial charge in [0.1, 0.15) is 0 Å². The third-order valence-corrected chi connectivity index (χ3v) is 3.99. The van der Waals surface area contributed by atoms with E-state index in [0.717, 1.165) is 32.4 Å². The van der Waals surface area contributed by atoms with E-state index in [0.29, 0.717) is 18.6 Å². The maximum atomic E-state index is 12.2. The SMILES string of the molecule is CC(C)CCNC(=O)N1CCOC2CCCCC21. The van der Waals surface area contributed by atoms with E-state index < -0.39 is 0 Å². The molecule has 2 fully saturated rings. The molecule has 0 aromatic carbocycles. The first-order valence-corrected chi connectivity index (χ1v) is 7.34. The summed E-state index contributed by atoms with van der Waals surface area (Å²) < 4.78 is 5.78. The van der Waals surface area contributed by atoms with E-state index in [1.165, 1.54) is 12.8 Å². The van der Waals surface area contributed by atoms with Crippen molar-refractivity contribution in [3.05, 3.63) is 0 Å². The highest BCUT2D eigenvalue weighted by molar-refractivity contribution is 5.74. The lowest BCUT2D eigenvalue weighted by atomic mass is 9.90. The number of hydrogen-bond donors (Lipinski definition) is 1. The maximum absolute atomic E-state index is 12.2. The van der Waals surface area contributed by atoms with Gasteiger partial charge >= 0.3 is 6.03 Å². The summed E-state index contributed by atoms with van der Waals surface area (Å²) in [5, 5.41) is 3.05. The van der Waals surface area contributed by atoms with Gasteiger partial charge in [-0.1, -0.05) is 26.7 Å². The smallest absolute Gasteiger partial charge is 0.317 e. The molecule has 1 saturated carbocycles. The number of amides is 2. The van der Waals surface area contributed by atoms with Crippen LogP contribution in [0.4, 0.5) is 4.79 Å². The number of carbonyl (C=O) groups is 1. The summed E-state index contributed by atoms with van der Waals surface area (Å²) in [4.78, 5) is 14.2. The van der Waals surface area contributed by atoms with Crippen LogP contribution in [0.3, 0.4) is 0 Å². The van der Waals surface area contributed by atoms with Gasteiger partial charge in [0, 0.05) is 13.1 Å². The van der Waals surface area contributed by atoms with Crippen LogP contribution in [0.5, 0.6) is 0 Å². The van der Waals surface area contributed by atoms with Crippen LogP contribution in [0, 0.1) is 5.92 Å². The Kier molecular flexibility index (Phi) is 4.87. The highest BCUT2D eigenvalue weighted by atomic mass is 16.5. The highest BCUT2D eigenvalue weighted by Gasteiger charge is 2.36. The Hall–Kier alpha value is -0.770. The van der Waals surface area contributed by atoms with Gasteiger partial charge in [-0.25, -0.2) is 4.79 Å². The molecule has 0 aromatic rings. The summed E-state index contributed by atoms with van der Waals surface area (Å²) in [6.45, 7) is 6.58. The molecule has 0 spiro atoms. The fourth-order valence-corrected chi connectivity index (χ4v) is 2.92. The lowest BCUT2D eigenvalue weighted by molar-refractivity contribution is -0.0712. The van der Waals surface area contributed by atoms with Gasteiger partial charge in [0.15, 0.2) is 0 Å². The first-order valence-electron chi connectivity index (χ1n) is 7.34. The first kappa shape index (κ1) is 13.7. The zero-order valence-corrected chi connectivity index (χ0v) is 11.7. The normalized spacial score (nSPS) is 28.1. The standard InChI is InChI=1S/C14H26N2O2/c1-11(2)7-8-15-14(17)16-9-10-18-13-6-4-3-5-12(13)16/h11-13H,3-10H2,1-2H3,(H,15,17). The summed E-state index contributed by atoms with van der Waals surface area (Å²) in [5.41, 5.74) is 0. The minimum atomic E-state index is 0.107. The minimum Gasteiger partial charge on any atom is -0.374 e. The summed E-state index contributed by atoms with van der Waals surface area (Å²) in [7, 11) is 0. The molecule has 18 heavy (non-hydrogen) atoms. The van der Waals surface area contributed by atoms with E-state index in [9.17, 15) is 4.79 Å². The van der Waals surface area contributed by atoms with Crippen LogP contribution in [0.1, 0.15) is 46.0 Å². The van der Waals surface area contributed by atoms with Gasteiger partial charge in [0.2, 0.25) is 0 Å². The van der Waals surface area contributed by atoms with Crippen molar-refractivity contribution in [1.82, 2.24) is 10.2 Å². The molecule has 104 valence electrons. The number of nitrogens with zero attached hydrogens (tertiary/aromatic N) is 1. The molecule has 2 atom stereocenters. The molecule has 2 amide bonds. The quantitative estimate of drug-likeness (QED) is 0.840. The summed E-state index contributed by atoms with van der Waals surface area (Å²) >= 11 is 0. The number of morpholine rings is 1. The fourth-order valence-electron chi connectivity index (χ4n) is 2.92. The van der Waals surface area contributed by atoms with E-state index >= 15 is 0 Å². The Bertz CT molecular complexity index is 279. The number of rotatable bonds is 3. The highest BCUT2D eigenvalue weighted by Crippen LogP contribution is 2.28. The molecule has 2 unspecified atom stereocenters. The van der Waals surface area contributed by atoms with Crippen molar-refractivity contribution >= 4 is 6.03 Å². The number of hydrogen-bond acceptors (Lipinski definition) is 2. The molecule has 1 saturated heterocycles. The third kappa shape index (κ3) is 3.37. The number of nitrogens with one attached hydrogen (secondary N) is 1. The Labute approximate surface area is 110 Å². The molecule has 4 heteroatoms. The van der Waals surface area contributed by atoms with Crippen molar-refractivity contribution in [1.29, 1.82) is 0 Å². The zero-order valence-electron chi connectivity index (χ0n) is 11.7. The van der Waals surface area contributed by atoms with E-state index in [2.05, 4.69) is 19.2 Å². The van der Waals surface area contributed by atoms with E-state index in [1.807, 2.05) is 4.90 Å². The Morgan fingerprint density at radius 1 is 1.39 bits per heavy atom. The monoisotopic (exact) mass is 254 g/mol. The molecule has 1 heterocycles. The molecule has 2 aliphatic rings. The van der Waals surface area contributed by atoms with E-state index in [4.69, 9.17) is 4.74 Å². The second-order valence-electron chi connectivity index (χ2n) is 5.87. The van der Waals surface area contributed by atoms with Gasteiger partial charge in [-0.3, -0.25) is 0 Å². The predicted octanol–water partition coefficient (Wildman–Crippen LogP) is 2.39. The maximum Gasteiger partial charge on any atom is 0.317 e. The topological polar surface area (TPSA) is 41.6 Å². The van der Waals surface area contributed by atoms with Gasteiger partial charge in [-0.15, -0.1) is 0 Å². The number of fused-ring (bicyclic) bond motifs is 1. The second kappa shape index (κ2) is 6.41. The average Bonchev–Trinajstić information content (AvgIpc) is 2.37. The molecule has 4 nitrogen and oxygen atoms in total. The Morgan fingerprint density at radius 2 is 2.17 bits per heavy atom. The van der Waals surface area contributed by atoms with Gasteiger partial charge in [0.05, 0.1) is 18.8 Å². The van der Waals surface area contributed by atoms with E-state index in [-0.39, 0.29) is 12.1 Å². The number of urea groups is 1. The molecule has 0 radical (unpaired) electrons. The van der Waals surface area contributed by atoms with Crippen LogP contribution in [0.15, 0.2) is 0 Å². The molecular formula is C14H26N2O2. The Balaban J connectivity index is 1.84. The van der Waals surface area contributed by atoms with Crippen molar-refractivity contribution in [2.75, 3.05) is 19.7 Å². The average molecular weight is 254 g/mol. The van der Waals surface area contributed by atoms with Crippen LogP contribution in [-0.4, -0.2) is 42.8 Å². The minimum absolute atomic E-state index is 0.107. The van der Waals surface area contributed by atoms with Crippen molar-refractivity contribution in [3.63, 3.8) is 0 Å². The van der Waals surface area contributed by atoms with Crippen LogP contribution in [-0.2, 0) is 4.74 Å². The van der Waals surface area contributed by atoms with Crippen molar-refractivity contribution < 1.29 is 9.53 Å². The largest absolute Gasteiger partial charge is 0.374 e. The van der Waals surface area contributed by atoms with Crippen molar-refractivity contribution in [2.24, 2.45) is 5.92 Å². The van der Waals surface area contributed by atoms with Crippen molar-refractivity contribution in [3.8, 4) is 0 Å². The van der Waals surface area contributed by atoms with E-state index in [1.54, 1.807) is 0 Å². The van der Waals surface area contributed by atoms with Gasteiger partial charge < -0.3 is 15.0 Å². The molecule has 0 bridgehead atoms. The Morgan fingerprint density at radius 3 is 2.94 bits per heavy atom. The van der Waals surface area contributed by atoms with Gasteiger partial charge in [-0.2, -0.15) is 0 Å². The molecule has 1 aliphatic heterocycles. The van der Waals surface area contributed by atoms with Crippen LogP contribution < -0.4 is 5.32 Å². The predicted molar refractivity (Wildman–Crippen MR) is 71.6 cm³/mol. The fraction of sp³-hybridized carbons (Fsp3) is 0.929. The first-order chi connectivity index (χ1) is 8.68. The van der Waals surface area contributed by atoms with Crippen molar-refractivity contribution in [2.45, 2.75) is 58.1 Å². The number of ether oxygens (including phenoxy) is 1. The summed E-state index contributed by atoms with van der Waals surface area (Å²) in [5.74, 6) is 0.636. The molecular weight excluding hydrogens is 228 g/mol. The molecule has 1 aliphatic carbocycles.